The highest BCUT2D eigenvalue weighted by atomic mass is 35.5. The zero-order valence-electron chi connectivity index (χ0n) is 14.3. The van der Waals surface area contributed by atoms with Crippen LogP contribution in [0.2, 0.25) is 5.02 Å². The number of hydrogen-bond acceptors (Lipinski definition) is 4. The van der Waals surface area contributed by atoms with Gasteiger partial charge in [-0.05, 0) is 37.3 Å². The molecule has 0 atom stereocenters. The Balaban J connectivity index is 1.80. The summed E-state index contributed by atoms with van der Waals surface area (Å²) in [5.74, 6) is -1.39. The molecule has 0 unspecified atom stereocenters. The molecular weight excluding hydrogens is 368 g/mol. The Bertz CT molecular complexity index is 1060. The summed E-state index contributed by atoms with van der Waals surface area (Å²) < 4.78 is 1.48. The number of aromatic nitrogens is 2. The molecule has 3 rings (SSSR count). The molecule has 2 aromatic carbocycles. The summed E-state index contributed by atoms with van der Waals surface area (Å²) >= 11 is 5.84. The van der Waals surface area contributed by atoms with E-state index in [2.05, 4.69) is 16.0 Å². The zero-order valence-corrected chi connectivity index (χ0v) is 15.0. The molecule has 0 radical (unpaired) electrons. The Hall–Kier alpha value is -3.45. The molecule has 27 heavy (non-hydrogen) atoms. The highest BCUT2D eigenvalue weighted by Crippen LogP contribution is 2.10. The van der Waals surface area contributed by atoms with Crippen molar-refractivity contribution in [1.29, 1.82) is 0 Å². The molecule has 0 aliphatic carbocycles. The van der Waals surface area contributed by atoms with Gasteiger partial charge in [-0.25, -0.2) is 4.68 Å². The molecule has 0 saturated heterocycles. The number of rotatable bonds is 3. The van der Waals surface area contributed by atoms with Crippen molar-refractivity contribution in [2.24, 2.45) is 0 Å². The predicted molar refractivity (Wildman–Crippen MR) is 101 cm³/mol. The minimum Gasteiger partial charge on any atom is -0.287 e. The standard InChI is InChI=1S/C19H15ClN4O3/c1-12-10-16(25)17(23-24(12)15-8-3-2-4-9-15)19(27)22-21-18(26)13-6-5-7-14(20)11-13/h2-11H,1H3,(H,21,26)(H,22,27). The van der Waals surface area contributed by atoms with Crippen LogP contribution >= 0.6 is 11.6 Å². The van der Waals surface area contributed by atoms with Gasteiger partial charge in [-0.15, -0.1) is 0 Å². The second-order valence-electron chi connectivity index (χ2n) is 5.66. The molecule has 7 nitrogen and oxygen atoms in total. The van der Waals surface area contributed by atoms with E-state index >= 15 is 0 Å². The van der Waals surface area contributed by atoms with Gasteiger partial charge in [0.2, 0.25) is 5.43 Å². The monoisotopic (exact) mass is 382 g/mol. The quantitative estimate of drug-likeness (QED) is 0.679. The van der Waals surface area contributed by atoms with Gasteiger partial charge in [0.25, 0.3) is 11.8 Å². The lowest BCUT2D eigenvalue weighted by molar-refractivity contribution is 0.0842. The lowest BCUT2D eigenvalue weighted by Crippen LogP contribution is -2.44. The highest BCUT2D eigenvalue weighted by Gasteiger charge is 2.16. The van der Waals surface area contributed by atoms with E-state index in [1.54, 1.807) is 37.3 Å². The van der Waals surface area contributed by atoms with Crippen LogP contribution in [0.1, 0.15) is 26.5 Å². The van der Waals surface area contributed by atoms with Gasteiger partial charge < -0.3 is 0 Å². The number of nitrogens with zero attached hydrogens (tertiary/aromatic N) is 2. The average Bonchev–Trinajstić information content (AvgIpc) is 2.66. The highest BCUT2D eigenvalue weighted by molar-refractivity contribution is 6.30. The number of para-hydroxylation sites is 1. The van der Waals surface area contributed by atoms with Gasteiger partial charge in [-0.1, -0.05) is 35.9 Å². The smallest absolute Gasteiger partial charge is 0.287 e. The van der Waals surface area contributed by atoms with Crippen molar-refractivity contribution in [2.45, 2.75) is 6.92 Å². The van der Waals surface area contributed by atoms with Crippen molar-refractivity contribution in [2.75, 3.05) is 0 Å². The first-order valence-corrected chi connectivity index (χ1v) is 8.36. The molecule has 0 saturated carbocycles. The van der Waals surface area contributed by atoms with Gasteiger partial charge in [0.15, 0.2) is 5.69 Å². The number of amides is 2. The lowest BCUT2D eigenvalue weighted by Gasteiger charge is -2.11. The molecule has 0 aliphatic heterocycles. The molecule has 0 spiro atoms. The van der Waals surface area contributed by atoms with Gasteiger partial charge in [0, 0.05) is 22.3 Å². The Labute approximate surface area is 159 Å². The lowest BCUT2D eigenvalue weighted by atomic mass is 10.2. The topological polar surface area (TPSA) is 93.1 Å². The van der Waals surface area contributed by atoms with Gasteiger partial charge in [0.05, 0.1) is 5.69 Å². The van der Waals surface area contributed by atoms with Crippen LogP contribution in [0.4, 0.5) is 0 Å². The van der Waals surface area contributed by atoms with Crippen LogP contribution in [0.15, 0.2) is 65.5 Å². The second kappa shape index (κ2) is 7.84. The Morgan fingerprint density at radius 1 is 0.963 bits per heavy atom. The first kappa shape index (κ1) is 18.3. The molecule has 0 fully saturated rings. The number of aryl methyl sites for hydroxylation is 1. The molecular formula is C19H15ClN4O3. The number of carbonyl (C=O) groups is 2. The van der Waals surface area contributed by atoms with E-state index in [0.29, 0.717) is 16.4 Å². The van der Waals surface area contributed by atoms with Crippen LogP contribution in [-0.2, 0) is 0 Å². The fourth-order valence-corrected chi connectivity index (χ4v) is 2.60. The van der Waals surface area contributed by atoms with E-state index in [4.69, 9.17) is 11.6 Å². The normalized spacial score (nSPS) is 10.3. The van der Waals surface area contributed by atoms with E-state index in [9.17, 15) is 14.4 Å². The van der Waals surface area contributed by atoms with Crippen molar-refractivity contribution in [3.05, 3.63) is 92.9 Å². The van der Waals surface area contributed by atoms with Crippen molar-refractivity contribution in [3.63, 3.8) is 0 Å². The molecule has 2 amide bonds. The Morgan fingerprint density at radius 2 is 1.67 bits per heavy atom. The maximum absolute atomic E-state index is 12.3. The fraction of sp³-hybridized carbons (Fsp3) is 0.0526. The number of halogens is 1. The first-order chi connectivity index (χ1) is 13.0. The predicted octanol–water partition coefficient (Wildman–Crippen LogP) is 2.27. The van der Waals surface area contributed by atoms with Crippen molar-refractivity contribution >= 4 is 23.4 Å². The third kappa shape index (κ3) is 4.21. The largest absolute Gasteiger partial charge is 0.294 e. The average molecular weight is 383 g/mol. The van der Waals surface area contributed by atoms with E-state index < -0.39 is 17.2 Å². The van der Waals surface area contributed by atoms with E-state index in [1.807, 2.05) is 18.2 Å². The van der Waals surface area contributed by atoms with Gasteiger partial charge >= 0.3 is 0 Å². The summed E-state index contributed by atoms with van der Waals surface area (Å²) in [6, 6.07) is 16.6. The number of nitrogens with one attached hydrogen (secondary N) is 2. The molecule has 0 aliphatic rings. The van der Waals surface area contributed by atoms with E-state index in [1.165, 1.54) is 16.8 Å². The first-order valence-electron chi connectivity index (χ1n) is 7.98. The fourth-order valence-electron chi connectivity index (χ4n) is 2.41. The maximum Gasteiger partial charge on any atom is 0.294 e. The molecule has 1 heterocycles. The second-order valence-corrected chi connectivity index (χ2v) is 6.10. The van der Waals surface area contributed by atoms with Crippen molar-refractivity contribution in [1.82, 2.24) is 20.6 Å². The van der Waals surface area contributed by atoms with E-state index in [0.717, 1.165) is 0 Å². The Kier molecular flexibility index (Phi) is 5.33. The van der Waals surface area contributed by atoms with Gasteiger partial charge in [-0.3, -0.25) is 25.2 Å². The minimum absolute atomic E-state index is 0.265. The van der Waals surface area contributed by atoms with Crippen LogP contribution in [-0.4, -0.2) is 21.6 Å². The summed E-state index contributed by atoms with van der Waals surface area (Å²) in [5, 5.41) is 4.52. The summed E-state index contributed by atoms with van der Waals surface area (Å²) in [7, 11) is 0. The molecule has 0 bridgehead atoms. The molecule has 136 valence electrons. The van der Waals surface area contributed by atoms with Crippen LogP contribution in [0.25, 0.3) is 5.69 Å². The van der Waals surface area contributed by atoms with Crippen molar-refractivity contribution in [3.8, 4) is 5.69 Å². The van der Waals surface area contributed by atoms with Crippen LogP contribution in [0, 0.1) is 6.92 Å². The third-order valence-electron chi connectivity index (χ3n) is 3.70. The maximum atomic E-state index is 12.3. The van der Waals surface area contributed by atoms with Crippen LogP contribution < -0.4 is 16.3 Å². The van der Waals surface area contributed by atoms with Crippen LogP contribution in [0.5, 0.6) is 0 Å². The van der Waals surface area contributed by atoms with E-state index in [-0.39, 0.29) is 11.3 Å². The van der Waals surface area contributed by atoms with Gasteiger partial charge in [-0.2, -0.15) is 5.10 Å². The third-order valence-corrected chi connectivity index (χ3v) is 3.93. The SMILES string of the molecule is Cc1cc(=O)c(C(=O)NNC(=O)c2cccc(Cl)c2)nn1-c1ccccc1. The number of carbonyl (C=O) groups excluding carboxylic acids is 2. The van der Waals surface area contributed by atoms with Crippen molar-refractivity contribution < 1.29 is 9.59 Å². The van der Waals surface area contributed by atoms with Crippen LogP contribution in [0.3, 0.4) is 0 Å². The number of benzene rings is 2. The number of hydrazine groups is 1. The molecule has 8 heteroatoms. The zero-order chi connectivity index (χ0) is 19.4. The number of hydrogen-bond donors (Lipinski definition) is 2. The Morgan fingerprint density at radius 3 is 2.37 bits per heavy atom. The molecule has 3 aromatic rings. The summed E-state index contributed by atoms with van der Waals surface area (Å²) in [6.07, 6.45) is 0. The summed E-state index contributed by atoms with van der Waals surface area (Å²) in [4.78, 5) is 36.6. The van der Waals surface area contributed by atoms with Gasteiger partial charge in [0.1, 0.15) is 0 Å². The minimum atomic E-state index is -0.819. The molecule has 2 N–H and O–H groups in total. The molecule has 1 aromatic heterocycles. The summed E-state index contributed by atoms with van der Waals surface area (Å²) in [6.45, 7) is 1.71. The summed E-state index contributed by atoms with van der Waals surface area (Å²) in [5.41, 5.74) is 5.10.